The summed E-state index contributed by atoms with van der Waals surface area (Å²) in [5.41, 5.74) is 7.03. The number of hydrogen-bond acceptors (Lipinski definition) is 3. The van der Waals surface area contributed by atoms with Gasteiger partial charge in [-0.25, -0.2) is 4.98 Å². The Balaban J connectivity index is 2.04. The van der Waals surface area contributed by atoms with Gasteiger partial charge in [-0.1, -0.05) is 11.6 Å². The molecule has 5 heteroatoms. The third-order valence-corrected chi connectivity index (χ3v) is 4.15. The molecular weight excluding hydrogens is 242 g/mol. The lowest BCUT2D eigenvalue weighted by atomic mass is 10.1. The number of rotatable bonds is 1. The van der Waals surface area contributed by atoms with Crippen molar-refractivity contribution in [2.45, 2.75) is 25.4 Å². The van der Waals surface area contributed by atoms with E-state index in [-0.39, 0.29) is 6.17 Å². The van der Waals surface area contributed by atoms with Crippen LogP contribution in [0.25, 0.3) is 10.6 Å². The second kappa shape index (κ2) is 3.87. The number of aryl methyl sites for hydroxylation is 1. The first kappa shape index (κ1) is 10.3. The van der Waals surface area contributed by atoms with Crippen molar-refractivity contribution in [1.82, 2.24) is 9.55 Å². The van der Waals surface area contributed by atoms with Gasteiger partial charge in [0.25, 0.3) is 0 Å². The van der Waals surface area contributed by atoms with Crippen LogP contribution in [0, 0.1) is 0 Å². The fourth-order valence-electron chi connectivity index (χ4n) is 2.08. The molecule has 84 valence electrons. The first-order valence-electron chi connectivity index (χ1n) is 5.33. The molecule has 0 saturated heterocycles. The monoisotopic (exact) mass is 253 g/mol. The summed E-state index contributed by atoms with van der Waals surface area (Å²) in [5, 5.41) is 0. The van der Waals surface area contributed by atoms with E-state index < -0.39 is 0 Å². The largest absolute Gasteiger partial charge is 0.318 e. The minimum atomic E-state index is 0.0837. The smallest absolute Gasteiger partial charge is 0.110 e. The van der Waals surface area contributed by atoms with Crippen molar-refractivity contribution >= 4 is 22.9 Å². The highest BCUT2D eigenvalue weighted by molar-refractivity contribution is 7.19. The van der Waals surface area contributed by atoms with E-state index in [2.05, 4.69) is 9.55 Å². The number of imidazole rings is 1. The minimum Gasteiger partial charge on any atom is -0.318 e. The molecule has 3 rings (SSSR count). The number of hydrogen-bond donors (Lipinski definition) is 1. The van der Waals surface area contributed by atoms with Crippen LogP contribution in [0.1, 0.15) is 24.8 Å². The summed E-state index contributed by atoms with van der Waals surface area (Å²) in [6.45, 7) is 0. The summed E-state index contributed by atoms with van der Waals surface area (Å²) in [5.74, 6) is 1.10. The fraction of sp³-hybridized carbons (Fsp3) is 0.364. The molecule has 3 nitrogen and oxygen atoms in total. The van der Waals surface area contributed by atoms with Crippen LogP contribution in [-0.2, 0) is 6.42 Å². The summed E-state index contributed by atoms with van der Waals surface area (Å²) in [4.78, 5) is 5.73. The van der Waals surface area contributed by atoms with E-state index in [0.29, 0.717) is 0 Å². The number of fused-ring (bicyclic) bond motifs is 1. The van der Waals surface area contributed by atoms with Gasteiger partial charge in [0.05, 0.1) is 21.1 Å². The highest BCUT2D eigenvalue weighted by Crippen LogP contribution is 2.32. The molecule has 1 atom stereocenters. The average Bonchev–Trinajstić information content (AvgIpc) is 2.84. The van der Waals surface area contributed by atoms with Gasteiger partial charge in [-0.3, -0.25) is 0 Å². The van der Waals surface area contributed by atoms with Crippen LogP contribution >= 0.6 is 22.9 Å². The maximum Gasteiger partial charge on any atom is 0.110 e. The lowest BCUT2D eigenvalue weighted by Gasteiger charge is -2.20. The van der Waals surface area contributed by atoms with Gasteiger partial charge in [-0.05, 0) is 25.0 Å². The van der Waals surface area contributed by atoms with Gasteiger partial charge in [0.1, 0.15) is 5.82 Å². The molecular formula is C11H12ClN3S. The Morgan fingerprint density at radius 3 is 3.06 bits per heavy atom. The van der Waals surface area contributed by atoms with Gasteiger partial charge in [0, 0.05) is 12.6 Å². The molecule has 0 aromatic carbocycles. The van der Waals surface area contributed by atoms with Crippen LogP contribution in [0.3, 0.4) is 0 Å². The SMILES string of the molecule is NC1CCCc2nc(-c3ccc(Cl)s3)cn21. The molecule has 0 aliphatic carbocycles. The van der Waals surface area contributed by atoms with Crippen molar-refractivity contribution in [3.8, 4) is 10.6 Å². The van der Waals surface area contributed by atoms with Gasteiger partial charge in [0.2, 0.25) is 0 Å². The molecule has 1 aliphatic rings. The quantitative estimate of drug-likeness (QED) is 0.849. The minimum absolute atomic E-state index is 0.0837. The van der Waals surface area contributed by atoms with Crippen LogP contribution in [0.4, 0.5) is 0 Å². The van der Waals surface area contributed by atoms with E-state index in [9.17, 15) is 0 Å². The average molecular weight is 254 g/mol. The zero-order chi connectivity index (χ0) is 11.1. The van der Waals surface area contributed by atoms with Crippen molar-refractivity contribution in [2.75, 3.05) is 0 Å². The molecule has 1 unspecified atom stereocenters. The van der Waals surface area contributed by atoms with Crippen molar-refractivity contribution < 1.29 is 0 Å². The molecule has 2 aromatic rings. The van der Waals surface area contributed by atoms with Gasteiger partial charge in [-0.15, -0.1) is 11.3 Å². The van der Waals surface area contributed by atoms with Crippen LogP contribution < -0.4 is 5.73 Å². The summed E-state index contributed by atoms with van der Waals surface area (Å²) in [6.07, 6.45) is 5.31. The highest BCUT2D eigenvalue weighted by Gasteiger charge is 2.19. The number of thiophene rings is 1. The Morgan fingerprint density at radius 1 is 1.50 bits per heavy atom. The Bertz CT molecular complexity index is 517. The lowest BCUT2D eigenvalue weighted by molar-refractivity contribution is 0.408. The summed E-state index contributed by atoms with van der Waals surface area (Å²) in [7, 11) is 0. The van der Waals surface area contributed by atoms with Gasteiger partial charge in [-0.2, -0.15) is 0 Å². The predicted octanol–water partition coefficient (Wildman–Crippen LogP) is 3.06. The molecule has 2 aromatic heterocycles. The number of aromatic nitrogens is 2. The Morgan fingerprint density at radius 2 is 2.38 bits per heavy atom. The third kappa shape index (κ3) is 1.67. The van der Waals surface area contributed by atoms with Crippen molar-refractivity contribution in [3.63, 3.8) is 0 Å². The molecule has 0 amide bonds. The standard InChI is InChI=1S/C11H12ClN3S/c12-9-5-4-8(16-9)7-6-15-10(13)2-1-3-11(15)14-7/h4-6,10H,1-3,13H2. The first-order chi connectivity index (χ1) is 7.74. The Kier molecular flexibility index (Phi) is 2.50. The Hall–Kier alpha value is -0.840. The van der Waals surface area contributed by atoms with Gasteiger partial charge < -0.3 is 10.3 Å². The number of nitrogens with two attached hydrogens (primary N) is 1. The Labute approximate surface area is 103 Å². The van der Waals surface area contributed by atoms with E-state index in [1.54, 1.807) is 11.3 Å². The zero-order valence-electron chi connectivity index (χ0n) is 8.69. The van der Waals surface area contributed by atoms with Gasteiger partial charge >= 0.3 is 0 Å². The maximum atomic E-state index is 6.04. The topological polar surface area (TPSA) is 43.8 Å². The van der Waals surface area contributed by atoms with Gasteiger partial charge in [0.15, 0.2) is 0 Å². The van der Waals surface area contributed by atoms with Crippen LogP contribution in [0.5, 0.6) is 0 Å². The fourth-order valence-corrected chi connectivity index (χ4v) is 3.08. The molecule has 0 spiro atoms. The highest BCUT2D eigenvalue weighted by atomic mass is 35.5. The van der Waals surface area contributed by atoms with E-state index in [4.69, 9.17) is 17.3 Å². The van der Waals surface area contributed by atoms with Crippen LogP contribution in [0.2, 0.25) is 4.34 Å². The lowest BCUT2D eigenvalue weighted by Crippen LogP contribution is -2.24. The third-order valence-electron chi connectivity index (χ3n) is 2.89. The summed E-state index contributed by atoms with van der Waals surface area (Å²) >= 11 is 7.48. The molecule has 0 fully saturated rings. The van der Waals surface area contributed by atoms with Crippen LogP contribution in [0.15, 0.2) is 18.3 Å². The zero-order valence-corrected chi connectivity index (χ0v) is 10.3. The van der Waals surface area contributed by atoms with Crippen molar-refractivity contribution in [1.29, 1.82) is 0 Å². The summed E-state index contributed by atoms with van der Waals surface area (Å²) < 4.78 is 2.89. The molecule has 0 saturated carbocycles. The summed E-state index contributed by atoms with van der Waals surface area (Å²) in [6, 6.07) is 3.91. The normalized spacial score (nSPS) is 19.8. The molecule has 1 aliphatic heterocycles. The van der Waals surface area contributed by atoms with E-state index in [1.807, 2.05) is 18.3 Å². The molecule has 16 heavy (non-hydrogen) atoms. The first-order valence-corrected chi connectivity index (χ1v) is 6.52. The van der Waals surface area contributed by atoms with E-state index >= 15 is 0 Å². The number of nitrogens with zero attached hydrogens (tertiary/aromatic N) is 2. The van der Waals surface area contributed by atoms with E-state index in [1.165, 1.54) is 0 Å². The molecule has 0 bridgehead atoms. The molecule has 2 N–H and O–H groups in total. The van der Waals surface area contributed by atoms with Crippen molar-refractivity contribution in [3.05, 3.63) is 28.5 Å². The van der Waals surface area contributed by atoms with E-state index in [0.717, 1.165) is 40.0 Å². The maximum absolute atomic E-state index is 6.04. The van der Waals surface area contributed by atoms with Crippen LogP contribution in [-0.4, -0.2) is 9.55 Å². The second-order valence-corrected chi connectivity index (χ2v) is 5.73. The predicted molar refractivity (Wildman–Crippen MR) is 66.7 cm³/mol. The van der Waals surface area contributed by atoms with Crippen molar-refractivity contribution in [2.24, 2.45) is 5.73 Å². The second-order valence-electron chi connectivity index (χ2n) is 4.01. The molecule has 3 heterocycles. The number of halogens is 1. The molecule has 0 radical (unpaired) electrons.